The van der Waals surface area contributed by atoms with Gasteiger partial charge in [0.05, 0.1) is 23.7 Å². The fourth-order valence-electron chi connectivity index (χ4n) is 3.18. The maximum Gasteiger partial charge on any atom is 0.230 e. The van der Waals surface area contributed by atoms with Gasteiger partial charge in [-0.2, -0.15) is 0 Å². The van der Waals surface area contributed by atoms with Crippen molar-refractivity contribution >= 4 is 27.3 Å². The van der Waals surface area contributed by atoms with Crippen molar-refractivity contribution in [3.63, 3.8) is 0 Å². The van der Waals surface area contributed by atoms with E-state index in [2.05, 4.69) is 0 Å². The van der Waals surface area contributed by atoms with Crippen LogP contribution in [0.15, 0.2) is 47.1 Å². The molecule has 2 unspecified atom stereocenters. The first kappa shape index (κ1) is 18.0. The third-order valence-corrected chi connectivity index (χ3v) is 6.66. The number of sulfone groups is 1. The molecule has 3 rings (SSSR count). The highest BCUT2D eigenvalue weighted by molar-refractivity contribution is 7.91. The molecule has 1 amide bonds. The smallest absolute Gasteiger partial charge is 0.230 e. The summed E-state index contributed by atoms with van der Waals surface area (Å²) >= 11 is 5.96. The van der Waals surface area contributed by atoms with Crippen LogP contribution in [0.5, 0.6) is 0 Å². The Kier molecular flexibility index (Phi) is 5.20. The number of rotatable bonds is 5. The molecular formula is C18H20ClNO4S. The fourth-order valence-corrected chi connectivity index (χ4v) is 5.08. The zero-order valence-corrected chi connectivity index (χ0v) is 15.5. The van der Waals surface area contributed by atoms with Crippen LogP contribution in [-0.2, 0) is 21.1 Å². The first-order chi connectivity index (χ1) is 11.9. The van der Waals surface area contributed by atoms with Crippen LogP contribution in [0, 0.1) is 0 Å². The van der Waals surface area contributed by atoms with Crippen LogP contribution in [0.25, 0.3) is 0 Å². The Morgan fingerprint density at radius 1 is 1.32 bits per heavy atom. The molecule has 5 nitrogen and oxygen atoms in total. The second-order valence-corrected chi connectivity index (χ2v) is 9.06. The highest BCUT2D eigenvalue weighted by Gasteiger charge is 2.35. The molecule has 0 spiro atoms. The zero-order chi connectivity index (χ0) is 18.0. The lowest BCUT2D eigenvalue weighted by Gasteiger charge is -2.28. The minimum atomic E-state index is -3.05. The zero-order valence-electron chi connectivity index (χ0n) is 13.9. The molecule has 2 heterocycles. The lowest BCUT2D eigenvalue weighted by atomic mass is 9.92. The minimum absolute atomic E-state index is 0.0311. The second-order valence-electron chi connectivity index (χ2n) is 6.39. The maximum atomic E-state index is 13.1. The lowest BCUT2D eigenvalue weighted by molar-refractivity contribution is -0.133. The lowest BCUT2D eigenvalue weighted by Crippen LogP contribution is -2.41. The van der Waals surface area contributed by atoms with Gasteiger partial charge >= 0.3 is 0 Å². The number of halogens is 1. The summed E-state index contributed by atoms with van der Waals surface area (Å²) < 4.78 is 28.9. The summed E-state index contributed by atoms with van der Waals surface area (Å²) in [6.07, 6.45) is 2.47. The van der Waals surface area contributed by atoms with Crippen molar-refractivity contribution < 1.29 is 17.6 Å². The molecular weight excluding hydrogens is 362 g/mol. The van der Waals surface area contributed by atoms with Crippen molar-refractivity contribution in [2.45, 2.75) is 24.8 Å². The molecule has 134 valence electrons. The van der Waals surface area contributed by atoms with Gasteiger partial charge in [0.15, 0.2) is 9.84 Å². The van der Waals surface area contributed by atoms with Gasteiger partial charge in [0.2, 0.25) is 5.91 Å². The van der Waals surface area contributed by atoms with Crippen LogP contribution >= 0.6 is 11.6 Å². The van der Waals surface area contributed by atoms with Crippen molar-refractivity contribution in [1.82, 2.24) is 4.90 Å². The fraction of sp³-hybridized carbons (Fsp3) is 0.389. The second kappa shape index (κ2) is 7.22. The van der Waals surface area contributed by atoms with Crippen LogP contribution in [-0.4, -0.2) is 43.8 Å². The first-order valence-corrected chi connectivity index (χ1v) is 10.3. The molecule has 0 aliphatic carbocycles. The topological polar surface area (TPSA) is 67.6 Å². The van der Waals surface area contributed by atoms with Crippen molar-refractivity contribution in [2.75, 3.05) is 18.6 Å². The highest BCUT2D eigenvalue weighted by atomic mass is 35.5. The van der Waals surface area contributed by atoms with Gasteiger partial charge in [-0.25, -0.2) is 8.42 Å². The van der Waals surface area contributed by atoms with Crippen molar-refractivity contribution in [1.29, 1.82) is 0 Å². The van der Waals surface area contributed by atoms with Crippen LogP contribution in [0.2, 0.25) is 5.02 Å². The standard InChI is InChI=1S/C18H20ClNO4S/c1-20(15-8-10-25(22,23)12-15)18(21)17(11-16-3-2-9-24-16)13-4-6-14(19)7-5-13/h2-7,9,15,17H,8,10-12H2,1H3. The first-order valence-electron chi connectivity index (χ1n) is 8.10. The van der Waals surface area contributed by atoms with Gasteiger partial charge in [0.25, 0.3) is 0 Å². The predicted molar refractivity (Wildman–Crippen MR) is 96.4 cm³/mol. The van der Waals surface area contributed by atoms with Crippen molar-refractivity contribution in [3.05, 3.63) is 59.0 Å². The van der Waals surface area contributed by atoms with Gasteiger partial charge in [-0.1, -0.05) is 23.7 Å². The van der Waals surface area contributed by atoms with Crippen molar-refractivity contribution in [3.8, 4) is 0 Å². The number of nitrogens with zero attached hydrogens (tertiary/aromatic N) is 1. The largest absolute Gasteiger partial charge is 0.469 e. The number of carbonyl (C=O) groups excluding carboxylic acids is 1. The number of likely N-dealkylation sites (N-methyl/N-ethyl adjacent to an activating group) is 1. The minimum Gasteiger partial charge on any atom is -0.469 e. The molecule has 0 bridgehead atoms. The molecule has 1 aliphatic heterocycles. The van der Waals surface area contributed by atoms with Crippen molar-refractivity contribution in [2.24, 2.45) is 0 Å². The Bertz CT molecular complexity index is 830. The predicted octanol–water partition coefficient (Wildman–Crippen LogP) is 2.90. The van der Waals surface area contributed by atoms with Gasteiger partial charge in [-0.15, -0.1) is 0 Å². The Hall–Kier alpha value is -1.79. The third kappa shape index (κ3) is 4.25. The third-order valence-electron chi connectivity index (χ3n) is 4.66. The summed E-state index contributed by atoms with van der Waals surface area (Å²) in [6.45, 7) is 0. The van der Waals surface area contributed by atoms with E-state index in [4.69, 9.17) is 16.0 Å². The van der Waals surface area contributed by atoms with E-state index in [1.165, 1.54) is 0 Å². The van der Waals surface area contributed by atoms with E-state index in [1.807, 2.05) is 18.2 Å². The Labute approximate surface area is 152 Å². The summed E-state index contributed by atoms with van der Waals surface area (Å²) in [4.78, 5) is 14.7. The molecule has 1 aromatic heterocycles. The average Bonchev–Trinajstić information content (AvgIpc) is 3.21. The molecule has 0 saturated carbocycles. The number of carbonyl (C=O) groups is 1. The van der Waals surface area contributed by atoms with Gasteiger partial charge in [0.1, 0.15) is 5.76 Å². The van der Waals surface area contributed by atoms with Gasteiger partial charge in [-0.3, -0.25) is 4.79 Å². The van der Waals surface area contributed by atoms with E-state index in [-0.39, 0.29) is 23.5 Å². The molecule has 1 saturated heterocycles. The van der Waals surface area contributed by atoms with E-state index >= 15 is 0 Å². The normalized spacial score (nSPS) is 20.3. The highest BCUT2D eigenvalue weighted by Crippen LogP contribution is 2.27. The van der Waals surface area contributed by atoms with Crippen LogP contribution in [0.1, 0.15) is 23.7 Å². The molecule has 7 heteroatoms. The Balaban J connectivity index is 1.85. The number of amides is 1. The SMILES string of the molecule is CN(C(=O)C(Cc1ccco1)c1ccc(Cl)cc1)C1CCS(=O)(=O)C1. The average molecular weight is 382 g/mol. The number of hydrogen-bond acceptors (Lipinski definition) is 4. The number of furan rings is 1. The summed E-state index contributed by atoms with van der Waals surface area (Å²) in [5, 5.41) is 0.600. The summed E-state index contributed by atoms with van der Waals surface area (Å²) in [5.41, 5.74) is 0.832. The molecule has 2 aromatic rings. The summed E-state index contributed by atoms with van der Waals surface area (Å²) in [6, 6.07) is 10.5. The van der Waals surface area contributed by atoms with E-state index in [1.54, 1.807) is 36.4 Å². The molecule has 1 aromatic carbocycles. The van der Waals surface area contributed by atoms with Gasteiger partial charge in [-0.05, 0) is 36.2 Å². The Morgan fingerprint density at radius 3 is 2.60 bits per heavy atom. The van der Waals surface area contributed by atoms with E-state index in [9.17, 15) is 13.2 Å². The monoisotopic (exact) mass is 381 g/mol. The Morgan fingerprint density at radius 2 is 2.04 bits per heavy atom. The van der Waals surface area contributed by atoms with Gasteiger partial charge < -0.3 is 9.32 Å². The van der Waals surface area contributed by atoms with Gasteiger partial charge in [0, 0.05) is 24.5 Å². The maximum absolute atomic E-state index is 13.1. The van der Waals surface area contributed by atoms with E-state index in [0.717, 1.165) is 5.56 Å². The molecule has 0 radical (unpaired) electrons. The molecule has 1 aliphatic rings. The number of hydrogen-bond donors (Lipinski definition) is 0. The number of benzene rings is 1. The van der Waals surface area contributed by atoms with Crippen LogP contribution < -0.4 is 0 Å². The summed E-state index contributed by atoms with van der Waals surface area (Å²) in [7, 11) is -1.37. The molecule has 1 fully saturated rings. The molecule has 25 heavy (non-hydrogen) atoms. The summed E-state index contributed by atoms with van der Waals surface area (Å²) in [5.74, 6) is 0.320. The van der Waals surface area contributed by atoms with E-state index in [0.29, 0.717) is 23.6 Å². The quantitative estimate of drug-likeness (QED) is 0.798. The van der Waals surface area contributed by atoms with Crippen LogP contribution in [0.3, 0.4) is 0 Å². The van der Waals surface area contributed by atoms with Crippen LogP contribution in [0.4, 0.5) is 0 Å². The molecule has 0 N–H and O–H groups in total. The van der Waals surface area contributed by atoms with E-state index < -0.39 is 15.8 Å². The molecule has 2 atom stereocenters.